The molecule has 1 fully saturated rings. The molecule has 4 N–H and O–H groups in total. The zero-order valence-corrected chi connectivity index (χ0v) is 8.21. The topological polar surface area (TPSA) is 66.5 Å². The predicted molar refractivity (Wildman–Crippen MR) is 52.3 cm³/mol. The minimum atomic E-state index is -0.213. The van der Waals surface area contributed by atoms with E-state index in [9.17, 15) is 0 Å². The molecular formula is C10H21NO2. The molecule has 0 heterocycles. The van der Waals surface area contributed by atoms with Crippen LogP contribution in [0.3, 0.4) is 0 Å². The average Bonchev–Trinajstić information content (AvgIpc) is 2.10. The second-order valence-corrected chi connectivity index (χ2v) is 4.16. The van der Waals surface area contributed by atoms with Gasteiger partial charge in [0.05, 0.1) is 0 Å². The van der Waals surface area contributed by atoms with Gasteiger partial charge in [-0.3, -0.25) is 0 Å². The van der Waals surface area contributed by atoms with Crippen molar-refractivity contribution in [3.8, 4) is 0 Å². The van der Waals surface area contributed by atoms with Crippen LogP contribution in [0, 0.1) is 5.92 Å². The Bertz CT molecular complexity index is 146. The Morgan fingerprint density at radius 1 is 1.23 bits per heavy atom. The lowest BCUT2D eigenvalue weighted by Crippen LogP contribution is -2.50. The van der Waals surface area contributed by atoms with Crippen LogP contribution in [0.1, 0.15) is 38.5 Å². The van der Waals surface area contributed by atoms with E-state index in [1.54, 1.807) is 0 Å². The zero-order valence-electron chi connectivity index (χ0n) is 8.21. The van der Waals surface area contributed by atoms with E-state index in [4.69, 9.17) is 15.9 Å². The summed E-state index contributed by atoms with van der Waals surface area (Å²) in [6.45, 7) is 0.382. The van der Waals surface area contributed by atoms with Gasteiger partial charge in [0.15, 0.2) is 0 Å². The predicted octanol–water partition coefficient (Wildman–Crippen LogP) is 0.639. The highest BCUT2D eigenvalue weighted by atomic mass is 16.3. The minimum Gasteiger partial charge on any atom is -0.396 e. The van der Waals surface area contributed by atoms with Crippen molar-refractivity contribution in [3.05, 3.63) is 0 Å². The number of hydrogen-bond acceptors (Lipinski definition) is 3. The third-order valence-electron chi connectivity index (χ3n) is 3.31. The number of rotatable bonds is 4. The molecule has 1 rings (SSSR count). The molecule has 1 aliphatic rings. The Morgan fingerprint density at radius 3 is 2.62 bits per heavy atom. The number of nitrogens with two attached hydrogens (primary N) is 1. The Morgan fingerprint density at radius 2 is 2.00 bits per heavy atom. The first-order valence-electron chi connectivity index (χ1n) is 5.23. The fourth-order valence-electron chi connectivity index (χ4n) is 2.46. The van der Waals surface area contributed by atoms with E-state index in [0.29, 0.717) is 12.3 Å². The smallest absolute Gasteiger partial charge is 0.0448 e. The van der Waals surface area contributed by atoms with E-state index in [0.717, 1.165) is 19.3 Å². The average molecular weight is 187 g/mol. The van der Waals surface area contributed by atoms with E-state index in [-0.39, 0.29) is 18.8 Å². The highest BCUT2D eigenvalue weighted by Gasteiger charge is 2.35. The maximum Gasteiger partial charge on any atom is 0.0448 e. The van der Waals surface area contributed by atoms with Gasteiger partial charge in [-0.25, -0.2) is 0 Å². The first kappa shape index (κ1) is 11.0. The molecule has 1 aliphatic carbocycles. The van der Waals surface area contributed by atoms with Gasteiger partial charge in [-0.05, 0) is 31.6 Å². The lowest BCUT2D eigenvalue weighted by atomic mass is 9.70. The third-order valence-corrected chi connectivity index (χ3v) is 3.31. The van der Waals surface area contributed by atoms with Gasteiger partial charge in [-0.15, -0.1) is 0 Å². The maximum atomic E-state index is 8.93. The highest BCUT2D eigenvalue weighted by molar-refractivity contribution is 4.93. The summed E-state index contributed by atoms with van der Waals surface area (Å²) in [5.74, 6) is 0.401. The molecule has 0 amide bonds. The van der Waals surface area contributed by atoms with Gasteiger partial charge in [0.25, 0.3) is 0 Å². The van der Waals surface area contributed by atoms with Gasteiger partial charge in [-0.1, -0.05) is 12.8 Å². The molecule has 3 heteroatoms. The van der Waals surface area contributed by atoms with Gasteiger partial charge >= 0.3 is 0 Å². The second kappa shape index (κ2) is 4.94. The largest absolute Gasteiger partial charge is 0.396 e. The van der Waals surface area contributed by atoms with Gasteiger partial charge in [0.2, 0.25) is 0 Å². The van der Waals surface area contributed by atoms with Gasteiger partial charge < -0.3 is 15.9 Å². The molecule has 78 valence electrons. The number of hydrogen-bond donors (Lipinski definition) is 3. The van der Waals surface area contributed by atoms with Crippen LogP contribution in [-0.4, -0.2) is 29.0 Å². The van der Waals surface area contributed by atoms with Crippen LogP contribution >= 0.6 is 0 Å². The number of aliphatic hydroxyl groups excluding tert-OH is 2. The van der Waals surface area contributed by atoms with Crippen molar-refractivity contribution in [3.63, 3.8) is 0 Å². The summed E-state index contributed by atoms with van der Waals surface area (Å²) >= 11 is 0. The van der Waals surface area contributed by atoms with Crippen molar-refractivity contribution in [1.82, 2.24) is 0 Å². The fourth-order valence-corrected chi connectivity index (χ4v) is 2.46. The molecule has 0 spiro atoms. The normalized spacial score (nSPS) is 34.8. The third kappa shape index (κ3) is 2.66. The van der Waals surface area contributed by atoms with Crippen LogP contribution in [0.4, 0.5) is 0 Å². The van der Waals surface area contributed by atoms with Crippen LogP contribution in [0.5, 0.6) is 0 Å². The van der Waals surface area contributed by atoms with Crippen molar-refractivity contribution in [2.75, 3.05) is 13.2 Å². The van der Waals surface area contributed by atoms with Gasteiger partial charge in [0, 0.05) is 18.8 Å². The van der Waals surface area contributed by atoms with Gasteiger partial charge in [-0.2, -0.15) is 0 Å². The van der Waals surface area contributed by atoms with Crippen LogP contribution < -0.4 is 5.73 Å². The second-order valence-electron chi connectivity index (χ2n) is 4.16. The van der Waals surface area contributed by atoms with Crippen LogP contribution in [0.2, 0.25) is 0 Å². The number of aliphatic hydroxyl groups is 2. The molecule has 3 nitrogen and oxygen atoms in total. The standard InChI is InChI=1S/C10H21NO2/c11-10(6-8-13)5-2-1-3-9(10)4-7-12/h9,12-13H,1-8,11H2. The van der Waals surface area contributed by atoms with E-state index in [2.05, 4.69) is 0 Å². The Balaban J connectivity index is 2.54. The molecule has 0 aliphatic heterocycles. The fraction of sp³-hybridized carbons (Fsp3) is 1.00. The van der Waals surface area contributed by atoms with Crippen LogP contribution in [0.15, 0.2) is 0 Å². The van der Waals surface area contributed by atoms with Crippen molar-refractivity contribution >= 4 is 0 Å². The Kier molecular flexibility index (Phi) is 4.16. The highest BCUT2D eigenvalue weighted by Crippen LogP contribution is 2.35. The molecule has 0 bridgehead atoms. The maximum absolute atomic E-state index is 8.93. The summed E-state index contributed by atoms with van der Waals surface area (Å²) in [4.78, 5) is 0. The van der Waals surface area contributed by atoms with E-state index >= 15 is 0 Å². The SMILES string of the molecule is NC1(CCO)CCCCC1CCO. The summed E-state index contributed by atoms with van der Waals surface area (Å²) in [7, 11) is 0. The minimum absolute atomic E-state index is 0.165. The zero-order chi connectivity index (χ0) is 9.73. The lowest BCUT2D eigenvalue weighted by molar-refractivity contribution is 0.115. The molecule has 2 unspecified atom stereocenters. The molecule has 0 saturated heterocycles. The molecule has 13 heavy (non-hydrogen) atoms. The monoisotopic (exact) mass is 187 g/mol. The summed E-state index contributed by atoms with van der Waals surface area (Å²) < 4.78 is 0. The van der Waals surface area contributed by atoms with Gasteiger partial charge in [0.1, 0.15) is 0 Å². The van der Waals surface area contributed by atoms with E-state index < -0.39 is 0 Å². The lowest BCUT2D eigenvalue weighted by Gasteiger charge is -2.41. The first-order valence-corrected chi connectivity index (χ1v) is 5.23. The Labute approximate surface area is 79.9 Å². The molecule has 0 aromatic carbocycles. The molecule has 2 atom stereocenters. The molecule has 0 radical (unpaired) electrons. The molecule has 0 aromatic rings. The first-order chi connectivity index (χ1) is 6.23. The molecule has 0 aromatic heterocycles. The van der Waals surface area contributed by atoms with Crippen molar-refractivity contribution in [2.45, 2.75) is 44.1 Å². The summed E-state index contributed by atoms with van der Waals surface area (Å²) in [5.41, 5.74) is 6.02. The molecular weight excluding hydrogens is 166 g/mol. The quantitative estimate of drug-likeness (QED) is 0.605. The van der Waals surface area contributed by atoms with Crippen LogP contribution in [-0.2, 0) is 0 Å². The van der Waals surface area contributed by atoms with Crippen LogP contribution in [0.25, 0.3) is 0 Å². The van der Waals surface area contributed by atoms with E-state index in [1.165, 1.54) is 12.8 Å². The van der Waals surface area contributed by atoms with Crippen molar-refractivity contribution in [2.24, 2.45) is 11.7 Å². The van der Waals surface area contributed by atoms with Crippen molar-refractivity contribution in [1.29, 1.82) is 0 Å². The van der Waals surface area contributed by atoms with Crippen molar-refractivity contribution < 1.29 is 10.2 Å². The Hall–Kier alpha value is -0.120. The summed E-state index contributed by atoms with van der Waals surface area (Å²) in [6, 6.07) is 0. The van der Waals surface area contributed by atoms with E-state index in [1.807, 2.05) is 0 Å². The summed E-state index contributed by atoms with van der Waals surface area (Å²) in [6.07, 6.45) is 5.96. The summed E-state index contributed by atoms with van der Waals surface area (Å²) in [5, 5.41) is 17.8. The molecule has 1 saturated carbocycles.